The zero-order valence-corrected chi connectivity index (χ0v) is 7.92. The Hall–Kier alpha value is -1.29. The zero-order valence-electron chi connectivity index (χ0n) is 7.92. The molecule has 2 N–H and O–H groups in total. The summed E-state index contributed by atoms with van der Waals surface area (Å²) in [5, 5.41) is 0. The van der Waals surface area contributed by atoms with Crippen LogP contribution in [0.15, 0.2) is 12.1 Å². The van der Waals surface area contributed by atoms with Gasteiger partial charge in [-0.25, -0.2) is 4.39 Å². The molecule has 0 radical (unpaired) electrons. The Labute approximate surface area is 81.6 Å². The Morgan fingerprint density at radius 1 is 1.43 bits per heavy atom. The number of hydrogen-bond acceptors (Lipinski definition) is 3. The van der Waals surface area contributed by atoms with Crippen molar-refractivity contribution >= 4 is 0 Å². The molecule has 1 aromatic carbocycles. The minimum atomic E-state index is -0.330. The predicted molar refractivity (Wildman–Crippen MR) is 49.7 cm³/mol. The number of nitrogens with two attached hydrogens (primary N) is 1. The van der Waals surface area contributed by atoms with Crippen LogP contribution in [-0.4, -0.2) is 6.79 Å². The van der Waals surface area contributed by atoms with Gasteiger partial charge in [-0.05, 0) is 12.5 Å². The van der Waals surface area contributed by atoms with E-state index in [1.165, 1.54) is 6.07 Å². The fourth-order valence-corrected chi connectivity index (χ4v) is 1.44. The minimum absolute atomic E-state index is 0.152. The van der Waals surface area contributed by atoms with Gasteiger partial charge in [0.2, 0.25) is 6.79 Å². The van der Waals surface area contributed by atoms with Crippen LogP contribution in [0.1, 0.15) is 24.9 Å². The van der Waals surface area contributed by atoms with E-state index in [4.69, 9.17) is 15.2 Å². The standard InChI is InChI=1S/C10H12FNO2/c1-2-8(12)6-3-9-10(4-7(6)11)14-5-13-9/h3-4,8H,2,5,12H2,1H3. The largest absolute Gasteiger partial charge is 0.454 e. The number of ether oxygens (including phenoxy) is 2. The van der Waals surface area contributed by atoms with E-state index >= 15 is 0 Å². The Balaban J connectivity index is 2.42. The minimum Gasteiger partial charge on any atom is -0.454 e. The van der Waals surface area contributed by atoms with E-state index in [9.17, 15) is 4.39 Å². The second-order valence-electron chi connectivity index (χ2n) is 3.24. The Morgan fingerprint density at radius 3 is 2.71 bits per heavy atom. The number of halogens is 1. The molecule has 0 amide bonds. The summed E-state index contributed by atoms with van der Waals surface area (Å²) in [5.74, 6) is 0.698. The van der Waals surface area contributed by atoms with Crippen molar-refractivity contribution in [3.63, 3.8) is 0 Å². The van der Waals surface area contributed by atoms with Crippen LogP contribution in [0.3, 0.4) is 0 Å². The summed E-state index contributed by atoms with van der Waals surface area (Å²) < 4.78 is 23.7. The van der Waals surface area contributed by atoms with Crippen LogP contribution in [0, 0.1) is 5.82 Å². The molecule has 76 valence electrons. The summed E-state index contributed by atoms with van der Waals surface area (Å²) in [6.45, 7) is 2.06. The van der Waals surface area contributed by atoms with E-state index in [0.29, 0.717) is 23.5 Å². The fourth-order valence-electron chi connectivity index (χ4n) is 1.44. The molecular weight excluding hydrogens is 185 g/mol. The molecule has 1 aliphatic heterocycles. The Kier molecular flexibility index (Phi) is 2.29. The Bertz CT molecular complexity index is 354. The highest BCUT2D eigenvalue weighted by atomic mass is 19.1. The summed E-state index contributed by atoms with van der Waals surface area (Å²) in [6, 6.07) is 2.66. The van der Waals surface area contributed by atoms with E-state index in [1.54, 1.807) is 6.07 Å². The molecule has 0 saturated heterocycles. The molecule has 1 unspecified atom stereocenters. The molecule has 2 rings (SSSR count). The van der Waals surface area contributed by atoms with Crippen molar-refractivity contribution < 1.29 is 13.9 Å². The maximum absolute atomic E-state index is 13.5. The van der Waals surface area contributed by atoms with Crippen molar-refractivity contribution in [3.8, 4) is 11.5 Å². The molecule has 1 aromatic rings. The highest BCUT2D eigenvalue weighted by Gasteiger charge is 2.19. The molecule has 3 nitrogen and oxygen atoms in total. The van der Waals surface area contributed by atoms with Crippen molar-refractivity contribution in [1.29, 1.82) is 0 Å². The van der Waals surface area contributed by atoms with Gasteiger partial charge in [0.1, 0.15) is 5.82 Å². The van der Waals surface area contributed by atoms with E-state index in [0.717, 1.165) is 0 Å². The normalized spacial score (nSPS) is 15.6. The van der Waals surface area contributed by atoms with Crippen molar-refractivity contribution in [2.45, 2.75) is 19.4 Å². The van der Waals surface area contributed by atoms with Crippen LogP contribution in [0.25, 0.3) is 0 Å². The van der Waals surface area contributed by atoms with Gasteiger partial charge in [-0.1, -0.05) is 6.92 Å². The molecule has 1 heterocycles. The van der Waals surface area contributed by atoms with Crippen LogP contribution in [0.2, 0.25) is 0 Å². The third kappa shape index (κ3) is 1.42. The predicted octanol–water partition coefficient (Wildman–Crippen LogP) is 1.96. The van der Waals surface area contributed by atoms with Crippen LogP contribution in [0.4, 0.5) is 4.39 Å². The SMILES string of the molecule is CCC(N)c1cc2c(cc1F)OCO2. The molecule has 0 aromatic heterocycles. The molecule has 0 aliphatic carbocycles. The third-order valence-corrected chi connectivity index (χ3v) is 2.33. The van der Waals surface area contributed by atoms with E-state index < -0.39 is 0 Å². The molecule has 0 saturated carbocycles. The summed E-state index contributed by atoms with van der Waals surface area (Å²) in [5.41, 5.74) is 6.24. The second-order valence-corrected chi connectivity index (χ2v) is 3.24. The van der Waals surface area contributed by atoms with Gasteiger partial charge in [-0.3, -0.25) is 0 Å². The van der Waals surface area contributed by atoms with Crippen LogP contribution >= 0.6 is 0 Å². The molecule has 4 heteroatoms. The van der Waals surface area contributed by atoms with Crippen molar-refractivity contribution in [3.05, 3.63) is 23.5 Å². The van der Waals surface area contributed by atoms with Crippen LogP contribution in [0.5, 0.6) is 11.5 Å². The summed E-state index contributed by atoms with van der Waals surface area (Å²) in [6.07, 6.45) is 0.691. The molecular formula is C10H12FNO2. The summed E-state index contributed by atoms with van der Waals surface area (Å²) in [4.78, 5) is 0. The van der Waals surface area contributed by atoms with Gasteiger partial charge < -0.3 is 15.2 Å². The van der Waals surface area contributed by atoms with Crippen molar-refractivity contribution in [1.82, 2.24) is 0 Å². The first-order valence-corrected chi connectivity index (χ1v) is 4.57. The van der Waals surface area contributed by atoms with Gasteiger partial charge in [0.15, 0.2) is 11.5 Å². The number of benzene rings is 1. The van der Waals surface area contributed by atoms with Crippen molar-refractivity contribution in [2.24, 2.45) is 5.73 Å². The third-order valence-electron chi connectivity index (χ3n) is 2.33. The monoisotopic (exact) mass is 197 g/mol. The molecule has 14 heavy (non-hydrogen) atoms. The summed E-state index contributed by atoms with van der Waals surface area (Å²) in [7, 11) is 0. The van der Waals surface area contributed by atoms with Gasteiger partial charge in [0.25, 0.3) is 0 Å². The fraction of sp³-hybridized carbons (Fsp3) is 0.400. The lowest BCUT2D eigenvalue weighted by Crippen LogP contribution is -2.10. The molecule has 0 bridgehead atoms. The highest BCUT2D eigenvalue weighted by Crippen LogP contribution is 2.36. The van der Waals surface area contributed by atoms with Crippen LogP contribution in [-0.2, 0) is 0 Å². The molecule has 1 aliphatic rings. The topological polar surface area (TPSA) is 44.5 Å². The Morgan fingerprint density at radius 2 is 2.07 bits per heavy atom. The maximum atomic E-state index is 13.5. The van der Waals surface area contributed by atoms with Gasteiger partial charge in [0, 0.05) is 17.7 Å². The van der Waals surface area contributed by atoms with Gasteiger partial charge in [0.05, 0.1) is 0 Å². The molecule has 1 atom stereocenters. The number of hydrogen-bond donors (Lipinski definition) is 1. The van der Waals surface area contributed by atoms with Gasteiger partial charge in [-0.2, -0.15) is 0 Å². The number of rotatable bonds is 2. The van der Waals surface area contributed by atoms with Gasteiger partial charge >= 0.3 is 0 Å². The lowest BCUT2D eigenvalue weighted by molar-refractivity contribution is 0.174. The quantitative estimate of drug-likeness (QED) is 0.788. The first-order chi connectivity index (χ1) is 6.72. The summed E-state index contributed by atoms with van der Waals surface area (Å²) >= 11 is 0. The van der Waals surface area contributed by atoms with E-state index in [-0.39, 0.29) is 18.7 Å². The van der Waals surface area contributed by atoms with E-state index in [2.05, 4.69) is 0 Å². The van der Waals surface area contributed by atoms with Gasteiger partial charge in [-0.15, -0.1) is 0 Å². The molecule has 0 fully saturated rings. The average molecular weight is 197 g/mol. The lowest BCUT2D eigenvalue weighted by Gasteiger charge is -2.10. The number of fused-ring (bicyclic) bond motifs is 1. The van der Waals surface area contributed by atoms with Crippen molar-refractivity contribution in [2.75, 3.05) is 6.79 Å². The smallest absolute Gasteiger partial charge is 0.231 e. The maximum Gasteiger partial charge on any atom is 0.231 e. The first-order valence-electron chi connectivity index (χ1n) is 4.57. The molecule has 0 spiro atoms. The zero-order chi connectivity index (χ0) is 10.1. The van der Waals surface area contributed by atoms with E-state index in [1.807, 2.05) is 6.92 Å². The first kappa shape index (κ1) is 9.27. The highest BCUT2D eigenvalue weighted by molar-refractivity contribution is 5.46. The average Bonchev–Trinajstić information content (AvgIpc) is 2.62. The lowest BCUT2D eigenvalue weighted by atomic mass is 10.0. The second kappa shape index (κ2) is 3.46. The van der Waals surface area contributed by atoms with Crippen LogP contribution < -0.4 is 15.2 Å².